The second-order valence-corrected chi connectivity index (χ2v) is 12.2. The summed E-state index contributed by atoms with van der Waals surface area (Å²) in [6.07, 6.45) is -2.07. The zero-order valence-electron chi connectivity index (χ0n) is 22.9. The van der Waals surface area contributed by atoms with Crippen LogP contribution in [0.3, 0.4) is 0 Å². The van der Waals surface area contributed by atoms with Gasteiger partial charge in [-0.1, -0.05) is 44.5 Å². The van der Waals surface area contributed by atoms with E-state index in [9.17, 15) is 24.6 Å². The molecular weight excluding hydrogens is 540 g/mol. The topological polar surface area (TPSA) is 123 Å². The summed E-state index contributed by atoms with van der Waals surface area (Å²) in [4.78, 5) is 39.7. The molecule has 5 atom stereocenters. The Labute approximate surface area is 237 Å². The number of amides is 1. The highest BCUT2D eigenvalue weighted by Crippen LogP contribution is 2.49. The summed E-state index contributed by atoms with van der Waals surface area (Å²) in [5.74, 6) is -2.33. The Bertz CT molecular complexity index is 1360. The number of carboxylic acid groups (broad SMARTS) is 1. The van der Waals surface area contributed by atoms with Crippen molar-refractivity contribution < 1.29 is 38.8 Å². The van der Waals surface area contributed by atoms with Crippen LogP contribution in [-0.2, 0) is 19.1 Å². The van der Waals surface area contributed by atoms with Gasteiger partial charge >= 0.3 is 11.9 Å². The summed E-state index contributed by atoms with van der Waals surface area (Å²) in [6, 6.07) is 9.07. The zero-order valence-corrected chi connectivity index (χ0v) is 23.7. The number of ketones is 1. The highest BCUT2D eigenvalue weighted by atomic mass is 35.5. The maximum Gasteiger partial charge on any atom is 0.363 e. The van der Waals surface area contributed by atoms with Crippen molar-refractivity contribution in [2.24, 2.45) is 11.3 Å². The van der Waals surface area contributed by atoms with E-state index >= 15 is 0 Å². The lowest BCUT2D eigenvalue weighted by atomic mass is 9.92. The first-order valence-corrected chi connectivity index (χ1v) is 13.6. The number of benzene rings is 2. The molecule has 214 valence electrons. The van der Waals surface area contributed by atoms with Crippen molar-refractivity contribution in [2.45, 2.75) is 45.9 Å². The number of fused-ring (bicyclic) bond motifs is 2. The lowest BCUT2D eigenvalue weighted by Gasteiger charge is -2.45. The van der Waals surface area contributed by atoms with E-state index in [0.717, 1.165) is 0 Å². The lowest BCUT2D eigenvalue weighted by Crippen LogP contribution is -2.71. The van der Waals surface area contributed by atoms with Crippen LogP contribution in [0.15, 0.2) is 36.4 Å². The number of nitrogens with zero attached hydrogens (tertiary/aromatic N) is 2. The normalized spacial score (nSPS) is 28.6. The minimum Gasteiger partial charge on any atom is -0.486 e. The number of halogens is 1. The van der Waals surface area contributed by atoms with Gasteiger partial charge in [0.15, 0.2) is 29.8 Å². The van der Waals surface area contributed by atoms with E-state index in [2.05, 4.69) is 0 Å². The number of carboxylic acids is 1. The summed E-state index contributed by atoms with van der Waals surface area (Å²) in [5, 5.41) is 23.2. The summed E-state index contributed by atoms with van der Waals surface area (Å²) in [7, 11) is 0. The van der Waals surface area contributed by atoms with Crippen molar-refractivity contribution in [3.63, 3.8) is 0 Å². The van der Waals surface area contributed by atoms with Crippen LogP contribution in [-0.4, -0.2) is 77.9 Å². The minimum absolute atomic E-state index is 0.143. The third kappa shape index (κ3) is 4.77. The van der Waals surface area contributed by atoms with Crippen molar-refractivity contribution >= 4 is 34.9 Å². The summed E-state index contributed by atoms with van der Waals surface area (Å²) < 4.78 is 17.5. The molecule has 11 heteroatoms. The van der Waals surface area contributed by atoms with E-state index in [1.54, 1.807) is 24.3 Å². The molecular formula is C29H34ClN2O8+. The Morgan fingerprint density at radius 3 is 2.52 bits per heavy atom. The quantitative estimate of drug-likeness (QED) is 0.518. The molecule has 0 aliphatic carbocycles. The van der Waals surface area contributed by atoms with E-state index in [4.69, 9.17) is 25.8 Å². The monoisotopic (exact) mass is 573 g/mol. The summed E-state index contributed by atoms with van der Waals surface area (Å²) in [5.41, 5.74) is 1.15. The molecule has 0 saturated carbocycles. The molecule has 2 aromatic carbocycles. The number of hydrogen-bond donors (Lipinski definition) is 2. The van der Waals surface area contributed by atoms with Gasteiger partial charge in [0.2, 0.25) is 0 Å². The Balaban J connectivity index is 1.78. The van der Waals surface area contributed by atoms with Crippen molar-refractivity contribution in [1.29, 1.82) is 0 Å². The van der Waals surface area contributed by atoms with E-state index in [1.807, 2.05) is 32.9 Å². The molecule has 40 heavy (non-hydrogen) atoms. The van der Waals surface area contributed by atoms with Gasteiger partial charge < -0.3 is 24.4 Å². The number of quaternary nitrogens is 1. The van der Waals surface area contributed by atoms with Gasteiger partial charge in [-0.2, -0.15) is 0 Å². The number of hydrogen-bond acceptors (Lipinski definition) is 8. The van der Waals surface area contributed by atoms with E-state index < -0.39 is 51.8 Å². The zero-order chi connectivity index (χ0) is 29.0. The predicted octanol–water partition coefficient (Wildman–Crippen LogP) is 3.36. The highest BCUT2D eigenvalue weighted by molar-refractivity contribution is 6.30. The highest BCUT2D eigenvalue weighted by Gasteiger charge is 2.62. The fourth-order valence-electron chi connectivity index (χ4n) is 6.29. The third-order valence-electron chi connectivity index (χ3n) is 7.65. The molecule has 0 unspecified atom stereocenters. The summed E-state index contributed by atoms with van der Waals surface area (Å²) >= 11 is 6.52. The Morgan fingerprint density at radius 2 is 1.85 bits per heavy atom. The molecule has 3 aliphatic rings. The SMILES string of the molecule is CC(=O)[C@@H]1[C@@H](O)CN([N@+]2(CC(C)(C)C)C(=O)CO[C@@H](c3cccc4c3OCCO4)c3cc(Cl)ccc32)[C@H]1C(=O)O. The first-order valence-electron chi connectivity index (χ1n) is 13.2. The van der Waals surface area contributed by atoms with Crippen molar-refractivity contribution in [1.82, 2.24) is 9.60 Å². The first-order chi connectivity index (χ1) is 18.8. The van der Waals surface area contributed by atoms with E-state index in [0.29, 0.717) is 46.5 Å². The van der Waals surface area contributed by atoms with Crippen LogP contribution in [0.2, 0.25) is 5.02 Å². The molecule has 3 aliphatic heterocycles. The number of aliphatic hydroxyl groups excluding tert-OH is 1. The number of carbonyl (C=O) groups is 3. The molecule has 2 N–H and O–H groups in total. The van der Waals surface area contributed by atoms with Crippen LogP contribution in [0, 0.1) is 11.3 Å². The fraction of sp³-hybridized carbons (Fsp3) is 0.483. The standard InChI is InChI=1S/C29H33ClN2O8/c1-16(33)24-21(34)13-31(25(24)28(36)37)32(15-29(2,3)4)20-9-8-17(30)12-19(20)26(40-14-23(32)35)18-6-5-7-22-27(18)39-11-10-38-22/h5-9,12,21,24-26,34H,10-11,13-15H2,1-4H3/p+1/t21-,24+,25+,26-,32-/m0/s1. The molecule has 1 fully saturated rings. The maximum absolute atomic E-state index is 14.4. The number of aliphatic hydroxyl groups is 1. The maximum atomic E-state index is 14.4. The van der Waals surface area contributed by atoms with Crippen LogP contribution in [0.5, 0.6) is 11.5 Å². The number of Topliss-reactive ketones (excluding diaryl/α,β-unsaturated/α-hetero) is 1. The molecule has 1 saturated heterocycles. The van der Waals surface area contributed by atoms with E-state index in [1.165, 1.54) is 11.9 Å². The molecule has 0 aromatic heterocycles. The van der Waals surface area contributed by atoms with Gasteiger partial charge in [0.1, 0.15) is 31.6 Å². The third-order valence-corrected chi connectivity index (χ3v) is 7.88. The molecule has 3 heterocycles. The second kappa shape index (κ2) is 10.4. The predicted molar refractivity (Wildman–Crippen MR) is 146 cm³/mol. The van der Waals surface area contributed by atoms with Crippen molar-refractivity contribution in [3.8, 4) is 11.5 Å². The summed E-state index contributed by atoms with van der Waals surface area (Å²) in [6.45, 7) is 7.42. The Kier molecular flexibility index (Phi) is 7.43. The molecule has 2 aromatic rings. The number of β-amino-alcohol motifs (C(OH)–C–C–N with tert-alkyl or cyclic N) is 1. The molecule has 10 nitrogen and oxygen atoms in total. The average molecular weight is 574 g/mol. The fourth-order valence-corrected chi connectivity index (χ4v) is 6.47. The minimum atomic E-state index is -1.44. The van der Waals surface area contributed by atoms with Crippen LogP contribution >= 0.6 is 11.6 Å². The van der Waals surface area contributed by atoms with Gasteiger partial charge in [-0.15, -0.1) is 9.60 Å². The van der Waals surface area contributed by atoms with Crippen LogP contribution < -0.4 is 14.1 Å². The van der Waals surface area contributed by atoms with Crippen LogP contribution in [0.1, 0.15) is 44.9 Å². The molecule has 0 radical (unpaired) electrons. The van der Waals surface area contributed by atoms with Gasteiger partial charge in [-0.3, -0.25) is 9.59 Å². The Hall–Kier alpha value is -3.02. The largest absolute Gasteiger partial charge is 0.486 e. The molecule has 0 spiro atoms. The van der Waals surface area contributed by atoms with Gasteiger partial charge in [-0.25, -0.2) is 4.79 Å². The van der Waals surface area contributed by atoms with E-state index in [-0.39, 0.29) is 19.7 Å². The molecule has 0 bridgehead atoms. The number of aliphatic carboxylic acids is 1. The molecule has 5 rings (SSSR count). The molecule has 1 amide bonds. The van der Waals surface area contributed by atoms with Gasteiger partial charge in [0, 0.05) is 22.1 Å². The second-order valence-electron chi connectivity index (χ2n) is 11.8. The number of carbonyl (C=O) groups excluding carboxylic acids is 2. The van der Waals surface area contributed by atoms with Gasteiger partial charge in [0.25, 0.3) is 0 Å². The van der Waals surface area contributed by atoms with Crippen LogP contribution in [0.4, 0.5) is 5.69 Å². The smallest absolute Gasteiger partial charge is 0.363 e. The van der Waals surface area contributed by atoms with Crippen molar-refractivity contribution in [2.75, 3.05) is 32.9 Å². The van der Waals surface area contributed by atoms with Crippen molar-refractivity contribution in [3.05, 3.63) is 52.5 Å². The first kappa shape index (κ1) is 28.5. The lowest BCUT2D eigenvalue weighted by molar-refractivity contribution is -0.166. The van der Waals surface area contributed by atoms with Crippen LogP contribution in [0.25, 0.3) is 0 Å². The van der Waals surface area contributed by atoms with Gasteiger partial charge in [0.05, 0.1) is 24.1 Å². The number of para-hydroxylation sites is 1. The average Bonchev–Trinajstić information content (AvgIpc) is 3.20. The van der Waals surface area contributed by atoms with Gasteiger partial charge in [-0.05, 0) is 25.1 Å². The number of rotatable bonds is 5. The Morgan fingerprint density at radius 1 is 1.12 bits per heavy atom. The number of ether oxygens (including phenoxy) is 3.